The minimum Gasteiger partial charge on any atom is -0.507 e. The quantitative estimate of drug-likeness (QED) is 0.156. The predicted octanol–water partition coefficient (Wildman–Crippen LogP) is 5.67. The molecule has 11 nitrogen and oxygen atoms in total. The summed E-state index contributed by atoms with van der Waals surface area (Å²) in [7, 11) is 0. The third kappa shape index (κ3) is 6.32. The van der Waals surface area contributed by atoms with Gasteiger partial charge in [0.2, 0.25) is 11.8 Å². The largest absolute Gasteiger partial charge is 0.507 e. The van der Waals surface area contributed by atoms with Gasteiger partial charge in [0.1, 0.15) is 11.5 Å². The van der Waals surface area contributed by atoms with Gasteiger partial charge >= 0.3 is 5.91 Å². The molecule has 4 N–H and O–H groups in total. The molecule has 1 aliphatic rings. The van der Waals surface area contributed by atoms with Crippen LogP contribution >= 0.6 is 0 Å². The van der Waals surface area contributed by atoms with Crippen LogP contribution in [0, 0.1) is 0 Å². The van der Waals surface area contributed by atoms with Crippen molar-refractivity contribution in [3.63, 3.8) is 0 Å². The zero-order valence-electron chi connectivity index (χ0n) is 24.9. The molecule has 2 heterocycles. The Labute approximate surface area is 253 Å². The van der Waals surface area contributed by atoms with E-state index in [0.29, 0.717) is 23.8 Å². The van der Waals surface area contributed by atoms with Crippen molar-refractivity contribution in [2.75, 3.05) is 6.61 Å². The van der Waals surface area contributed by atoms with Crippen LogP contribution in [-0.2, 0) is 4.79 Å². The van der Waals surface area contributed by atoms with E-state index in [2.05, 4.69) is 43.2 Å². The molecule has 0 atom stereocenters. The number of amides is 2. The molecule has 0 spiro atoms. The molecule has 0 unspecified atom stereocenters. The van der Waals surface area contributed by atoms with Gasteiger partial charge in [-0.05, 0) is 70.9 Å². The van der Waals surface area contributed by atoms with Gasteiger partial charge in [0, 0.05) is 45.1 Å². The summed E-state index contributed by atoms with van der Waals surface area (Å²) in [4.78, 5) is 37.6. The van der Waals surface area contributed by atoms with Gasteiger partial charge in [-0.1, -0.05) is 30.3 Å². The Balaban J connectivity index is 1.25. The van der Waals surface area contributed by atoms with Gasteiger partial charge in [-0.15, -0.1) is 10.2 Å². The van der Waals surface area contributed by atoms with Gasteiger partial charge in [-0.25, -0.2) is 0 Å². The minimum atomic E-state index is -0.855. The number of carbonyl (C=O) groups is 3. The van der Waals surface area contributed by atoms with E-state index in [-0.39, 0.29) is 62.7 Å². The fourth-order valence-electron chi connectivity index (χ4n) is 6.09. The molecule has 1 fully saturated rings. The molecule has 44 heavy (non-hydrogen) atoms. The second-order valence-electron chi connectivity index (χ2n) is 12.3. The van der Waals surface area contributed by atoms with E-state index in [9.17, 15) is 29.7 Å². The van der Waals surface area contributed by atoms with E-state index >= 15 is 0 Å². The minimum absolute atomic E-state index is 0.0667. The zero-order chi connectivity index (χ0) is 31.8. The maximum atomic E-state index is 12.7. The number of piperidine rings is 1. The average Bonchev–Trinajstić information content (AvgIpc) is 3.22. The van der Waals surface area contributed by atoms with Crippen molar-refractivity contribution in [3.05, 3.63) is 83.4 Å². The third-order valence-electron chi connectivity index (χ3n) is 7.60. The normalized spacial score (nSPS) is 16.3. The summed E-state index contributed by atoms with van der Waals surface area (Å²) in [5.74, 6) is -2.49. The van der Waals surface area contributed by atoms with Gasteiger partial charge < -0.3 is 25.4 Å². The SMILES string of the molecule is CC1(C)CC(n2c(O)c3ccc(C(=O)N=NC(=O)COc4ccc(C(=O)c5ccccc5)c(O)c4)cc3c2O)CC(C)(C)N1. The summed E-state index contributed by atoms with van der Waals surface area (Å²) in [6.45, 7) is 7.71. The summed E-state index contributed by atoms with van der Waals surface area (Å²) in [6.07, 6.45) is 1.33. The second-order valence-corrected chi connectivity index (χ2v) is 12.3. The highest BCUT2D eigenvalue weighted by Crippen LogP contribution is 2.45. The van der Waals surface area contributed by atoms with Crippen molar-refractivity contribution in [1.29, 1.82) is 0 Å². The lowest BCUT2D eigenvalue weighted by Gasteiger charge is -2.47. The Kier molecular flexibility index (Phi) is 8.00. The Bertz CT molecular complexity index is 1770. The van der Waals surface area contributed by atoms with Crippen molar-refractivity contribution >= 4 is 28.4 Å². The molecule has 0 saturated carbocycles. The van der Waals surface area contributed by atoms with E-state index < -0.39 is 18.4 Å². The number of phenols is 1. The Hall–Kier alpha value is -5.03. The first kappa shape index (κ1) is 30.4. The number of hydrogen-bond donors (Lipinski definition) is 4. The lowest BCUT2D eigenvalue weighted by atomic mass is 9.79. The molecule has 2 amide bonds. The molecule has 11 heteroatoms. The Morgan fingerprint density at radius 1 is 0.841 bits per heavy atom. The van der Waals surface area contributed by atoms with E-state index in [1.807, 2.05) is 0 Å². The topological polar surface area (TPSA) is 163 Å². The number of ketones is 1. The number of azo groups is 1. The smallest absolute Gasteiger partial charge is 0.302 e. The first-order valence-electron chi connectivity index (χ1n) is 14.1. The number of phenolic OH excluding ortho intramolecular Hbond substituents is 1. The van der Waals surface area contributed by atoms with Crippen molar-refractivity contribution in [1.82, 2.24) is 9.88 Å². The van der Waals surface area contributed by atoms with Crippen molar-refractivity contribution in [2.45, 2.75) is 57.7 Å². The summed E-state index contributed by atoms with van der Waals surface area (Å²) in [5, 5.41) is 43.6. The monoisotopic (exact) mass is 598 g/mol. The molecule has 1 saturated heterocycles. The molecule has 1 aliphatic heterocycles. The number of nitrogens with one attached hydrogen (secondary N) is 1. The molecule has 4 aromatic rings. The lowest BCUT2D eigenvalue weighted by molar-refractivity contribution is -0.120. The molecule has 3 aromatic carbocycles. The van der Waals surface area contributed by atoms with Crippen LogP contribution in [0.4, 0.5) is 0 Å². The van der Waals surface area contributed by atoms with Crippen molar-refractivity contribution < 1.29 is 34.4 Å². The zero-order valence-corrected chi connectivity index (χ0v) is 24.9. The molecule has 0 bridgehead atoms. The first-order valence-corrected chi connectivity index (χ1v) is 14.1. The number of nitrogens with zero attached hydrogens (tertiary/aromatic N) is 3. The van der Waals surface area contributed by atoms with E-state index in [1.165, 1.54) is 41.0 Å². The van der Waals surface area contributed by atoms with Crippen LogP contribution in [0.15, 0.2) is 77.0 Å². The van der Waals surface area contributed by atoms with Crippen LogP contribution < -0.4 is 10.1 Å². The molecule has 1 aromatic heterocycles. The van der Waals surface area contributed by atoms with Gasteiger partial charge in [0.15, 0.2) is 12.4 Å². The fourth-order valence-corrected chi connectivity index (χ4v) is 6.09. The van der Waals surface area contributed by atoms with Crippen molar-refractivity contribution in [2.24, 2.45) is 10.2 Å². The maximum Gasteiger partial charge on any atom is 0.302 e. The van der Waals surface area contributed by atoms with Crippen molar-refractivity contribution in [3.8, 4) is 23.3 Å². The molecular formula is C33H34N4O7. The number of aromatic nitrogens is 1. The van der Waals surface area contributed by atoms with Crippen LogP contribution in [0.2, 0.25) is 0 Å². The summed E-state index contributed by atoms with van der Waals surface area (Å²) < 4.78 is 6.86. The van der Waals surface area contributed by atoms with E-state index in [4.69, 9.17) is 4.74 Å². The fraction of sp³-hybridized carbons (Fsp3) is 0.303. The molecule has 228 valence electrons. The molecule has 0 radical (unpaired) electrons. The average molecular weight is 599 g/mol. The Morgan fingerprint density at radius 2 is 1.50 bits per heavy atom. The van der Waals surface area contributed by atoms with Crippen LogP contribution in [0.25, 0.3) is 10.8 Å². The number of carbonyl (C=O) groups excluding carboxylic acids is 3. The standard InChI is InChI=1S/C33H34N4O7/c1-32(2)16-21(17-33(3,4)36-32)37-30(42)23-12-10-20(14-25(23)31(37)43)29(41)35-34-27(39)18-44-22-11-13-24(26(38)15-22)28(40)19-8-6-5-7-9-19/h5-15,21,36,38,42-43H,16-18H2,1-4H3. The summed E-state index contributed by atoms with van der Waals surface area (Å²) in [6, 6.07) is 16.7. The van der Waals surface area contributed by atoms with Gasteiger partial charge in [0.25, 0.3) is 5.91 Å². The molecule has 5 rings (SSSR count). The van der Waals surface area contributed by atoms with Gasteiger partial charge in [0.05, 0.1) is 5.56 Å². The van der Waals surface area contributed by atoms with Crippen LogP contribution in [0.3, 0.4) is 0 Å². The molecule has 0 aliphatic carbocycles. The number of fused-ring (bicyclic) bond motifs is 1. The van der Waals surface area contributed by atoms with Crippen LogP contribution in [0.1, 0.15) is 72.9 Å². The summed E-state index contributed by atoms with van der Waals surface area (Å²) in [5.41, 5.74) is 0.0951. The number of ether oxygens (including phenoxy) is 1. The van der Waals surface area contributed by atoms with Gasteiger partial charge in [-0.3, -0.25) is 19.0 Å². The number of rotatable bonds is 7. The first-order chi connectivity index (χ1) is 20.7. The Morgan fingerprint density at radius 3 is 2.16 bits per heavy atom. The highest BCUT2D eigenvalue weighted by Gasteiger charge is 2.40. The number of benzene rings is 3. The van der Waals surface area contributed by atoms with Crippen LogP contribution in [-0.4, -0.2) is 55.2 Å². The van der Waals surface area contributed by atoms with Gasteiger partial charge in [-0.2, -0.15) is 0 Å². The van der Waals surface area contributed by atoms with E-state index in [1.54, 1.807) is 30.3 Å². The van der Waals surface area contributed by atoms with E-state index in [0.717, 1.165) is 0 Å². The number of aromatic hydroxyl groups is 3. The highest BCUT2D eigenvalue weighted by atomic mass is 16.5. The predicted molar refractivity (Wildman–Crippen MR) is 163 cm³/mol. The maximum absolute atomic E-state index is 12.7. The van der Waals surface area contributed by atoms with Crippen LogP contribution in [0.5, 0.6) is 23.3 Å². The molecular weight excluding hydrogens is 564 g/mol. The summed E-state index contributed by atoms with van der Waals surface area (Å²) >= 11 is 0. The highest BCUT2D eigenvalue weighted by molar-refractivity contribution is 6.10. The number of hydrogen-bond acceptors (Lipinski definition) is 8. The third-order valence-corrected chi connectivity index (χ3v) is 7.60. The lowest BCUT2D eigenvalue weighted by Crippen LogP contribution is -2.57. The second kappa shape index (κ2) is 11.6.